The number of imide groups is 1. The van der Waals surface area contributed by atoms with E-state index in [1.54, 1.807) is 6.92 Å². The maximum Gasteiger partial charge on any atom is 0.407 e. The zero-order chi connectivity index (χ0) is 71.9. The summed E-state index contributed by atoms with van der Waals surface area (Å²) in [7, 11) is 0. The Labute approximate surface area is 600 Å². The molecule has 22 heteroatoms. The van der Waals surface area contributed by atoms with Crippen molar-refractivity contribution in [2.45, 2.75) is 307 Å². The standard InChI is InChI=1S/C74H128N6O12S4/c1-50(2)19-18-20-51(3)55-23-24-56-54-22-21-52-49-53(27-32-69(52,12)57(54)28-33-70(55,56)13)92-64(87)76-43-37-74(17,96)91-46-39-66(6,7)78-60(83)29-34-72(15,94)89-45-38-65(4,5)77-59(82)30-35-73(16,95)90-47-40-67(8,9)79-63(86)71(14,93)41-48-88-68(10,11)36-42-75-58(81)31-44-80-61(84)25-26-62(80)85/h21,25-26,50-51,53-57,93-96H,18-20,22-24,27-49H2,1-17H3,(H,75,81)(H,76,87)(H,77,82)(H,78,83)(H,79,86)/t51-,53+,54+,55?,56?,57?,69+,70-,71?,72?,73?,74?/m1/s1. The van der Waals surface area contributed by atoms with Crippen LogP contribution in [0, 0.1) is 46.3 Å². The number of thiol groups is 4. The molecule has 4 aliphatic carbocycles. The van der Waals surface area contributed by atoms with Crippen molar-refractivity contribution in [3.8, 4) is 0 Å². The van der Waals surface area contributed by atoms with E-state index in [2.05, 4.69) is 67.3 Å². The maximum atomic E-state index is 13.4. The number of nitrogens with zero attached hydrogens (tertiary/aromatic N) is 1. The lowest BCUT2D eigenvalue weighted by molar-refractivity contribution is -0.137. The summed E-state index contributed by atoms with van der Waals surface area (Å²) in [5, 5.41) is 15.1. The number of ether oxygens (including phenoxy) is 5. The Morgan fingerprint density at radius 1 is 0.583 bits per heavy atom. The molecular formula is C74H128N6O12S4. The summed E-state index contributed by atoms with van der Waals surface area (Å²) in [4.78, 5) is 87.3. The van der Waals surface area contributed by atoms with Crippen LogP contribution in [0.1, 0.15) is 259 Å². The molecule has 550 valence electrons. The Balaban J connectivity index is 0.894. The van der Waals surface area contributed by atoms with E-state index in [0.717, 1.165) is 59.7 Å². The van der Waals surface area contributed by atoms with E-state index in [0.29, 0.717) is 83.1 Å². The summed E-state index contributed by atoms with van der Waals surface area (Å²) in [6.07, 6.45) is 21.8. The SMILES string of the molecule is CC(C)CCC[C@@H](C)C1CCC2[C@@H]3CC=C4C[C@@H](OC(=O)NCCC(C)(S)OCCC(C)(C)NC(=O)CCC(C)(S)OCCC(C)(C)NC(=O)CCC(C)(S)OCCC(C)(C)NC(=O)C(C)(S)CCOC(C)(C)CCNC(=O)CCN5C(=O)C=CC5=O)CC[C@]4(C)C3CC[C@@]21C. The highest BCUT2D eigenvalue weighted by Crippen LogP contribution is 2.67. The zero-order valence-corrected chi connectivity index (χ0v) is 65.5. The molecule has 3 saturated carbocycles. The van der Waals surface area contributed by atoms with Crippen LogP contribution in [0.4, 0.5) is 4.79 Å². The van der Waals surface area contributed by atoms with E-state index in [9.17, 15) is 33.6 Å². The van der Waals surface area contributed by atoms with Crippen LogP contribution in [0.25, 0.3) is 0 Å². The van der Waals surface area contributed by atoms with Gasteiger partial charge in [-0.25, -0.2) is 4.79 Å². The van der Waals surface area contributed by atoms with Crippen molar-refractivity contribution in [2.75, 3.05) is 46.1 Å². The lowest BCUT2D eigenvalue weighted by atomic mass is 9.47. The quantitative estimate of drug-likeness (QED) is 0.0121. The second-order valence-electron chi connectivity index (χ2n) is 33.4. The molecule has 0 bridgehead atoms. The minimum Gasteiger partial charge on any atom is -0.446 e. The van der Waals surface area contributed by atoms with E-state index in [1.165, 1.54) is 69.1 Å². The van der Waals surface area contributed by atoms with E-state index < -0.39 is 53.6 Å². The molecule has 1 heterocycles. The van der Waals surface area contributed by atoms with Crippen LogP contribution in [-0.4, -0.2) is 140 Å². The first-order chi connectivity index (χ1) is 44.3. The van der Waals surface area contributed by atoms with Crippen molar-refractivity contribution in [2.24, 2.45) is 46.3 Å². The summed E-state index contributed by atoms with van der Waals surface area (Å²) >= 11 is 19.0. The van der Waals surface area contributed by atoms with Crippen LogP contribution in [0.3, 0.4) is 0 Å². The Kier molecular flexibility index (Phi) is 30.7. The number of nitrogens with one attached hydrogen (secondary N) is 5. The molecule has 0 radical (unpaired) electrons. The fraction of sp³-hybridized carbons (Fsp3) is 0.851. The fourth-order valence-corrected chi connectivity index (χ4v) is 16.3. The van der Waals surface area contributed by atoms with Crippen LogP contribution in [0.5, 0.6) is 0 Å². The number of alkyl carbamates (subject to hydrolysis) is 1. The van der Waals surface area contributed by atoms with Gasteiger partial charge in [-0.05, 0) is 219 Å². The predicted octanol–water partition coefficient (Wildman–Crippen LogP) is 13.6. The molecule has 0 aromatic carbocycles. The molecule has 7 amide bonds. The summed E-state index contributed by atoms with van der Waals surface area (Å²) in [5.74, 6) is 3.08. The second kappa shape index (κ2) is 35.3. The topological polar surface area (TPSA) is 229 Å². The van der Waals surface area contributed by atoms with Gasteiger partial charge in [-0.3, -0.25) is 33.7 Å². The third-order valence-corrected chi connectivity index (χ3v) is 23.4. The molecule has 0 aromatic rings. The van der Waals surface area contributed by atoms with Crippen molar-refractivity contribution in [1.29, 1.82) is 0 Å². The average molecular weight is 1420 g/mol. The first-order valence-electron chi connectivity index (χ1n) is 36.1. The number of amides is 7. The molecule has 18 nitrogen and oxygen atoms in total. The second-order valence-corrected chi connectivity index (χ2v) is 37.2. The average Bonchev–Trinajstić information content (AvgIpc) is 1.49. The number of fused-ring (bicyclic) bond motifs is 5. The summed E-state index contributed by atoms with van der Waals surface area (Å²) in [5.41, 5.74) is -0.256. The van der Waals surface area contributed by atoms with Gasteiger partial charge in [0.1, 0.15) is 20.9 Å². The first-order valence-corrected chi connectivity index (χ1v) is 37.9. The monoisotopic (exact) mass is 1420 g/mol. The summed E-state index contributed by atoms with van der Waals surface area (Å²) in [6.45, 7) is 36.9. The highest BCUT2D eigenvalue weighted by molar-refractivity contribution is 7.82. The molecular weight excluding hydrogens is 1290 g/mol. The van der Waals surface area contributed by atoms with E-state index in [1.807, 2.05) is 76.2 Å². The minimum absolute atomic E-state index is 0.00580. The number of allylic oxidation sites excluding steroid dienone is 1. The van der Waals surface area contributed by atoms with Gasteiger partial charge < -0.3 is 50.3 Å². The summed E-state index contributed by atoms with van der Waals surface area (Å²) < 4.78 is 29.6. The van der Waals surface area contributed by atoms with Crippen LogP contribution >= 0.6 is 50.5 Å². The number of carbonyl (C=O) groups excluding carboxylic acids is 7. The number of carbonyl (C=O) groups is 7. The van der Waals surface area contributed by atoms with Crippen LogP contribution in [0.15, 0.2) is 23.8 Å². The highest BCUT2D eigenvalue weighted by atomic mass is 32.1. The molecule has 7 unspecified atom stereocenters. The fourth-order valence-electron chi connectivity index (χ4n) is 15.5. The minimum atomic E-state index is -1.05. The molecule has 1 aliphatic heterocycles. The van der Waals surface area contributed by atoms with Crippen LogP contribution in [0.2, 0.25) is 0 Å². The van der Waals surface area contributed by atoms with Gasteiger partial charge in [-0.1, -0.05) is 65.5 Å². The first kappa shape index (κ1) is 83.7. The molecule has 96 heavy (non-hydrogen) atoms. The molecule has 5 aliphatic rings. The van der Waals surface area contributed by atoms with Crippen LogP contribution in [-0.2, 0) is 52.5 Å². The van der Waals surface area contributed by atoms with E-state index in [-0.39, 0.29) is 80.3 Å². The van der Waals surface area contributed by atoms with Gasteiger partial charge in [-0.2, -0.15) is 12.6 Å². The Morgan fingerprint density at radius 2 is 1.10 bits per heavy atom. The normalized spacial score (nSPS) is 25.8. The third kappa shape index (κ3) is 26.8. The molecule has 0 spiro atoms. The van der Waals surface area contributed by atoms with Gasteiger partial charge >= 0.3 is 6.09 Å². The smallest absolute Gasteiger partial charge is 0.407 e. The highest BCUT2D eigenvalue weighted by Gasteiger charge is 2.59. The molecule has 5 N–H and O–H groups in total. The lowest BCUT2D eigenvalue weighted by Crippen LogP contribution is -2.51. The molecule has 0 saturated heterocycles. The van der Waals surface area contributed by atoms with Gasteiger partial charge in [0.05, 0.1) is 30.2 Å². The number of hydrogen-bond acceptors (Lipinski definition) is 16. The van der Waals surface area contributed by atoms with Crippen LogP contribution < -0.4 is 26.6 Å². The Bertz CT molecular complexity index is 2680. The zero-order valence-electron chi connectivity index (χ0n) is 61.9. The van der Waals surface area contributed by atoms with E-state index >= 15 is 0 Å². The van der Waals surface area contributed by atoms with Gasteiger partial charge in [0.15, 0.2) is 0 Å². The van der Waals surface area contributed by atoms with Gasteiger partial charge in [-0.15, -0.1) is 37.9 Å². The molecule has 3 fully saturated rings. The van der Waals surface area contributed by atoms with Crippen molar-refractivity contribution in [1.82, 2.24) is 31.5 Å². The van der Waals surface area contributed by atoms with Gasteiger partial charge in [0, 0.05) is 87.1 Å². The molecule has 0 aromatic heterocycles. The summed E-state index contributed by atoms with van der Waals surface area (Å²) in [6, 6.07) is 0. The van der Waals surface area contributed by atoms with Gasteiger partial charge in [0.2, 0.25) is 23.6 Å². The number of hydrogen-bond donors (Lipinski definition) is 9. The van der Waals surface area contributed by atoms with Gasteiger partial charge in [0.25, 0.3) is 11.8 Å². The third-order valence-electron chi connectivity index (χ3n) is 21.9. The predicted molar refractivity (Wildman–Crippen MR) is 395 cm³/mol. The molecule has 12 atom stereocenters. The number of rotatable bonds is 41. The lowest BCUT2D eigenvalue weighted by Gasteiger charge is -2.58. The van der Waals surface area contributed by atoms with Crippen molar-refractivity contribution in [3.63, 3.8) is 0 Å². The Hall–Kier alpha value is -2.99. The Morgan fingerprint density at radius 3 is 1.66 bits per heavy atom. The molecule has 5 rings (SSSR count). The largest absolute Gasteiger partial charge is 0.446 e. The van der Waals surface area contributed by atoms with Crippen molar-refractivity contribution < 1.29 is 57.2 Å². The van der Waals surface area contributed by atoms with Crippen molar-refractivity contribution in [3.05, 3.63) is 23.8 Å². The maximum absolute atomic E-state index is 13.4. The van der Waals surface area contributed by atoms with Crippen molar-refractivity contribution >= 4 is 92.1 Å². The van der Waals surface area contributed by atoms with E-state index in [4.69, 9.17) is 74.2 Å².